The highest BCUT2D eigenvalue weighted by atomic mass is 32.2. The number of rotatable bonds is 7. The number of carbonyl (C=O) groups excluding carboxylic acids is 1. The number of hydrogen-bond donors (Lipinski definition) is 2. The molecule has 0 radical (unpaired) electrons. The second-order valence-electron chi connectivity index (χ2n) is 4.87. The number of carbonyl (C=O) groups is 1. The molecule has 0 spiro atoms. The molecule has 1 unspecified atom stereocenters. The monoisotopic (exact) mass is 355 g/mol. The van der Waals surface area contributed by atoms with Gasteiger partial charge in [0.25, 0.3) is 0 Å². The maximum absolute atomic E-state index is 11.8. The Morgan fingerprint density at radius 2 is 2.04 bits per heavy atom. The molecule has 10 heteroatoms. The van der Waals surface area contributed by atoms with Gasteiger partial charge in [-0.2, -0.15) is 0 Å². The van der Waals surface area contributed by atoms with Crippen molar-refractivity contribution in [3.8, 4) is 10.8 Å². The fraction of sp³-hybridized carbons (Fsp3) is 0.385. The van der Waals surface area contributed by atoms with Crippen LogP contribution in [-0.2, 0) is 21.2 Å². The number of nitrogens with one attached hydrogen (secondary N) is 2. The molecule has 0 aliphatic rings. The Labute approximate surface area is 138 Å². The summed E-state index contributed by atoms with van der Waals surface area (Å²) >= 11 is 1.44. The summed E-state index contributed by atoms with van der Waals surface area (Å²) < 4.78 is 24.4. The molecule has 0 aliphatic heterocycles. The highest BCUT2D eigenvalue weighted by Gasteiger charge is 2.16. The topological polar surface area (TPSA) is 114 Å². The van der Waals surface area contributed by atoms with Gasteiger partial charge in [-0.3, -0.25) is 4.79 Å². The summed E-state index contributed by atoms with van der Waals surface area (Å²) in [4.78, 5) is 24.4. The van der Waals surface area contributed by atoms with Crippen molar-refractivity contribution < 1.29 is 13.2 Å². The van der Waals surface area contributed by atoms with Gasteiger partial charge in [0, 0.05) is 30.7 Å². The average Bonchev–Trinajstić information content (AvgIpc) is 2.95. The van der Waals surface area contributed by atoms with Crippen molar-refractivity contribution in [3.63, 3.8) is 0 Å². The molecule has 1 atom stereocenters. The normalized spacial score (nSPS) is 12.8. The van der Waals surface area contributed by atoms with Gasteiger partial charge in [0.15, 0.2) is 10.8 Å². The smallest absolute Gasteiger partial charge is 0.237 e. The first-order valence-electron chi connectivity index (χ1n) is 6.82. The summed E-state index contributed by atoms with van der Waals surface area (Å²) in [5.74, 6) is 0.191. The van der Waals surface area contributed by atoms with E-state index in [1.807, 2.05) is 5.38 Å². The third-order valence-corrected chi connectivity index (χ3v) is 4.44. The first kappa shape index (κ1) is 17.4. The van der Waals surface area contributed by atoms with Crippen LogP contribution >= 0.6 is 11.3 Å². The van der Waals surface area contributed by atoms with Crippen molar-refractivity contribution >= 4 is 27.3 Å². The summed E-state index contributed by atoms with van der Waals surface area (Å²) in [6.07, 6.45) is 4.86. The maximum atomic E-state index is 11.8. The quantitative estimate of drug-likeness (QED) is 0.733. The van der Waals surface area contributed by atoms with Gasteiger partial charge in [-0.15, -0.1) is 11.3 Å². The van der Waals surface area contributed by atoms with Gasteiger partial charge >= 0.3 is 0 Å². The Bertz CT molecular complexity index is 761. The van der Waals surface area contributed by atoms with Gasteiger partial charge in [0.1, 0.15) is 0 Å². The average molecular weight is 355 g/mol. The molecule has 2 aromatic heterocycles. The summed E-state index contributed by atoms with van der Waals surface area (Å²) in [6.45, 7) is 1.86. The molecule has 1 amide bonds. The minimum absolute atomic E-state index is 0.368. The van der Waals surface area contributed by atoms with Crippen LogP contribution in [0.25, 0.3) is 10.8 Å². The molecule has 124 valence electrons. The molecule has 0 fully saturated rings. The van der Waals surface area contributed by atoms with Crippen LogP contribution < -0.4 is 10.0 Å². The predicted octanol–water partition coefficient (Wildman–Crippen LogP) is 0.197. The van der Waals surface area contributed by atoms with E-state index < -0.39 is 16.1 Å². The van der Waals surface area contributed by atoms with Gasteiger partial charge in [-0.05, 0) is 13.0 Å². The SMILES string of the molecule is CC(NS(C)(=O)=O)C(=O)NCCc1csc(-c2ncccn2)n1. The highest BCUT2D eigenvalue weighted by Crippen LogP contribution is 2.19. The predicted molar refractivity (Wildman–Crippen MR) is 87.3 cm³/mol. The number of aromatic nitrogens is 3. The standard InChI is InChI=1S/C13H17N5O3S2/c1-9(18-23(2,20)21)12(19)16-7-4-10-8-22-13(17-10)11-14-5-3-6-15-11/h3,5-6,8-9,18H,4,7H2,1-2H3,(H,16,19). The summed E-state index contributed by atoms with van der Waals surface area (Å²) in [7, 11) is -3.41. The fourth-order valence-electron chi connectivity index (χ4n) is 1.78. The molecule has 0 aliphatic carbocycles. The first-order valence-corrected chi connectivity index (χ1v) is 9.59. The third kappa shape index (κ3) is 5.66. The molecule has 0 saturated heterocycles. The lowest BCUT2D eigenvalue weighted by atomic mass is 10.3. The van der Waals surface area contributed by atoms with Gasteiger partial charge in [0.2, 0.25) is 15.9 Å². The molecule has 2 rings (SSSR count). The molecule has 0 saturated carbocycles. The van der Waals surface area contributed by atoms with Crippen LogP contribution in [-0.4, -0.2) is 48.1 Å². The molecule has 0 bridgehead atoms. The zero-order valence-corrected chi connectivity index (χ0v) is 14.3. The molecule has 0 aromatic carbocycles. The van der Waals surface area contributed by atoms with Crippen LogP contribution in [0, 0.1) is 0 Å². The summed E-state index contributed by atoms with van der Waals surface area (Å²) in [5, 5.41) is 5.28. The second kappa shape index (κ2) is 7.57. The minimum Gasteiger partial charge on any atom is -0.354 e. The largest absolute Gasteiger partial charge is 0.354 e. The highest BCUT2D eigenvalue weighted by molar-refractivity contribution is 7.88. The molecule has 2 heterocycles. The number of amides is 1. The van der Waals surface area contributed by atoms with Crippen molar-refractivity contribution in [2.24, 2.45) is 0 Å². The number of hydrogen-bond acceptors (Lipinski definition) is 7. The third-order valence-electron chi connectivity index (χ3n) is 2.77. The lowest BCUT2D eigenvalue weighted by Crippen LogP contribution is -2.44. The summed E-state index contributed by atoms with van der Waals surface area (Å²) in [6, 6.07) is 0.924. The lowest BCUT2D eigenvalue weighted by Gasteiger charge is -2.12. The van der Waals surface area contributed by atoms with Crippen LogP contribution in [0.3, 0.4) is 0 Å². The zero-order chi connectivity index (χ0) is 16.9. The van der Waals surface area contributed by atoms with E-state index in [9.17, 15) is 13.2 Å². The van der Waals surface area contributed by atoms with E-state index in [1.54, 1.807) is 18.5 Å². The Hall–Kier alpha value is -1.91. The maximum Gasteiger partial charge on any atom is 0.237 e. The van der Waals surface area contributed by atoms with Gasteiger partial charge in [-0.25, -0.2) is 28.1 Å². The Morgan fingerprint density at radius 1 is 1.35 bits per heavy atom. The first-order chi connectivity index (χ1) is 10.8. The van der Waals surface area contributed by atoms with Crippen molar-refractivity contribution in [3.05, 3.63) is 29.5 Å². The lowest BCUT2D eigenvalue weighted by molar-refractivity contribution is -0.122. The van der Waals surface area contributed by atoms with E-state index in [0.29, 0.717) is 18.8 Å². The van der Waals surface area contributed by atoms with Crippen molar-refractivity contribution in [1.82, 2.24) is 25.0 Å². The van der Waals surface area contributed by atoms with Crippen LogP contribution in [0.2, 0.25) is 0 Å². The number of nitrogens with zero attached hydrogens (tertiary/aromatic N) is 3. The van der Waals surface area contributed by atoms with Crippen molar-refractivity contribution in [1.29, 1.82) is 0 Å². The van der Waals surface area contributed by atoms with Gasteiger partial charge in [-0.1, -0.05) is 0 Å². The zero-order valence-electron chi connectivity index (χ0n) is 12.7. The molecular formula is C13H17N5O3S2. The minimum atomic E-state index is -3.41. The van der Waals surface area contributed by atoms with Gasteiger partial charge < -0.3 is 5.32 Å². The van der Waals surface area contributed by atoms with Crippen LogP contribution in [0.1, 0.15) is 12.6 Å². The Morgan fingerprint density at radius 3 is 2.70 bits per heavy atom. The molecule has 2 N–H and O–H groups in total. The van der Waals surface area contributed by atoms with Gasteiger partial charge in [0.05, 0.1) is 18.0 Å². The van der Waals surface area contributed by atoms with Crippen LogP contribution in [0.15, 0.2) is 23.8 Å². The molecule has 8 nitrogen and oxygen atoms in total. The summed E-state index contributed by atoms with van der Waals surface area (Å²) in [5.41, 5.74) is 0.821. The number of sulfonamides is 1. The molecule has 2 aromatic rings. The van der Waals surface area contributed by atoms with Crippen molar-refractivity contribution in [2.75, 3.05) is 12.8 Å². The molecule has 23 heavy (non-hydrogen) atoms. The van der Waals surface area contributed by atoms with E-state index in [4.69, 9.17) is 0 Å². The van der Waals surface area contributed by atoms with E-state index in [2.05, 4.69) is 25.0 Å². The molecular weight excluding hydrogens is 338 g/mol. The number of thiazole rings is 1. The second-order valence-corrected chi connectivity index (χ2v) is 7.51. The Balaban J connectivity index is 1.83. The van der Waals surface area contributed by atoms with E-state index in [-0.39, 0.29) is 5.91 Å². The van der Waals surface area contributed by atoms with E-state index >= 15 is 0 Å². The Kier molecular flexibility index (Phi) is 5.74. The van der Waals surface area contributed by atoms with E-state index in [1.165, 1.54) is 18.3 Å². The van der Waals surface area contributed by atoms with Crippen molar-refractivity contribution in [2.45, 2.75) is 19.4 Å². The van der Waals surface area contributed by atoms with E-state index in [0.717, 1.165) is 17.0 Å². The van der Waals surface area contributed by atoms with Crippen LogP contribution in [0.5, 0.6) is 0 Å². The fourth-order valence-corrected chi connectivity index (χ4v) is 3.32. The van der Waals surface area contributed by atoms with Crippen LogP contribution in [0.4, 0.5) is 0 Å².